The van der Waals surface area contributed by atoms with Gasteiger partial charge in [0.05, 0.1) is 16.8 Å². The van der Waals surface area contributed by atoms with Gasteiger partial charge < -0.3 is 19.9 Å². The third-order valence-electron chi connectivity index (χ3n) is 7.69. The number of hydrogen-bond donors (Lipinski definition) is 2. The van der Waals surface area contributed by atoms with E-state index in [0.29, 0.717) is 36.8 Å². The Morgan fingerprint density at radius 3 is 2.62 bits per heavy atom. The number of carbonyl (C=O) groups excluding carboxylic acids is 1. The van der Waals surface area contributed by atoms with Crippen molar-refractivity contribution in [3.63, 3.8) is 0 Å². The topological polar surface area (TPSA) is 102 Å². The summed E-state index contributed by atoms with van der Waals surface area (Å²) in [4.78, 5) is 41.8. The summed E-state index contributed by atoms with van der Waals surface area (Å²) in [5.41, 5.74) is 2.41. The maximum atomic E-state index is 12.9. The number of aliphatic carboxylic acids is 1. The second-order valence-electron chi connectivity index (χ2n) is 9.91. The monoisotopic (exact) mass is 459 g/mol. The maximum Gasteiger partial charge on any atom is 0.314 e. The van der Waals surface area contributed by atoms with Gasteiger partial charge in [-0.1, -0.05) is 18.2 Å². The van der Waals surface area contributed by atoms with E-state index in [1.165, 1.54) is 0 Å². The molecule has 0 radical (unpaired) electrons. The number of nitrogens with one attached hydrogen (secondary N) is 1. The summed E-state index contributed by atoms with van der Waals surface area (Å²) in [6.07, 6.45) is 5.49. The van der Waals surface area contributed by atoms with E-state index in [0.717, 1.165) is 67.8 Å². The van der Waals surface area contributed by atoms with Crippen LogP contribution in [0.2, 0.25) is 0 Å². The number of amides is 1. The lowest BCUT2D eigenvalue weighted by Crippen LogP contribution is -2.44. The molecule has 1 amide bonds. The number of piperidine rings is 1. The number of pyridine rings is 1. The fraction of sp³-hybridized carbons (Fsp3) is 0.462. The predicted octanol–water partition coefficient (Wildman–Crippen LogP) is 3.58. The Balaban J connectivity index is 1.24. The van der Waals surface area contributed by atoms with Crippen LogP contribution in [0.4, 0.5) is 5.82 Å². The first-order valence-electron chi connectivity index (χ1n) is 12.3. The van der Waals surface area contributed by atoms with E-state index < -0.39 is 11.4 Å². The minimum absolute atomic E-state index is 0.0332. The molecule has 3 aromatic rings. The first-order valence-corrected chi connectivity index (χ1v) is 12.3. The van der Waals surface area contributed by atoms with Crippen LogP contribution in [0, 0.1) is 5.92 Å². The van der Waals surface area contributed by atoms with Crippen molar-refractivity contribution in [3.8, 4) is 11.4 Å². The Morgan fingerprint density at radius 2 is 1.85 bits per heavy atom. The molecule has 3 aliphatic rings. The number of H-pyrrole nitrogens is 1. The van der Waals surface area contributed by atoms with Crippen LogP contribution in [-0.2, 0) is 15.0 Å². The lowest BCUT2D eigenvalue weighted by molar-refractivity contribution is -0.140. The van der Waals surface area contributed by atoms with Crippen LogP contribution in [0.5, 0.6) is 0 Å². The highest BCUT2D eigenvalue weighted by Gasteiger charge is 2.51. The van der Waals surface area contributed by atoms with Crippen molar-refractivity contribution >= 4 is 28.9 Å². The van der Waals surface area contributed by atoms with E-state index in [9.17, 15) is 14.7 Å². The highest BCUT2D eigenvalue weighted by Crippen LogP contribution is 2.49. The number of hydrogen-bond acceptors (Lipinski definition) is 5. The highest BCUT2D eigenvalue weighted by molar-refractivity contribution is 5.86. The van der Waals surface area contributed by atoms with Gasteiger partial charge in [0.2, 0.25) is 5.91 Å². The van der Waals surface area contributed by atoms with E-state index in [1.807, 2.05) is 41.3 Å². The average molecular weight is 460 g/mol. The Hall–Kier alpha value is -3.42. The number of benzene rings is 1. The molecule has 1 aromatic carbocycles. The number of carbonyl (C=O) groups is 2. The number of carboxylic acids is 1. The number of aromatic nitrogens is 3. The van der Waals surface area contributed by atoms with Crippen LogP contribution < -0.4 is 4.90 Å². The van der Waals surface area contributed by atoms with Gasteiger partial charge in [-0.25, -0.2) is 9.97 Å². The summed E-state index contributed by atoms with van der Waals surface area (Å²) in [6.45, 7) is 3.37. The number of likely N-dealkylation sites (tertiary alicyclic amines) is 1. The lowest BCUT2D eigenvalue weighted by atomic mass is 9.94. The summed E-state index contributed by atoms with van der Waals surface area (Å²) in [5, 5.41) is 9.64. The van der Waals surface area contributed by atoms with Gasteiger partial charge in [0, 0.05) is 31.7 Å². The van der Waals surface area contributed by atoms with Crippen LogP contribution in [0.1, 0.15) is 44.1 Å². The Kier molecular flexibility index (Phi) is 5.04. The number of anilines is 1. The molecular weight excluding hydrogens is 430 g/mol. The zero-order valence-electron chi connectivity index (χ0n) is 19.2. The minimum Gasteiger partial charge on any atom is -0.481 e. The second-order valence-corrected chi connectivity index (χ2v) is 9.91. The van der Waals surface area contributed by atoms with E-state index in [1.54, 1.807) is 0 Å². The molecule has 0 bridgehead atoms. The number of imidazole rings is 1. The molecule has 6 rings (SSSR count). The quantitative estimate of drug-likeness (QED) is 0.605. The Labute approximate surface area is 198 Å². The first kappa shape index (κ1) is 21.1. The molecule has 1 atom stereocenters. The van der Waals surface area contributed by atoms with Gasteiger partial charge in [0.1, 0.15) is 11.6 Å². The summed E-state index contributed by atoms with van der Waals surface area (Å²) in [6, 6.07) is 11.6. The molecule has 2 saturated heterocycles. The minimum atomic E-state index is -0.761. The molecule has 0 spiro atoms. The number of aromatic amines is 1. The smallest absolute Gasteiger partial charge is 0.314 e. The molecule has 1 unspecified atom stereocenters. The fourth-order valence-corrected chi connectivity index (χ4v) is 5.49. The third-order valence-corrected chi connectivity index (χ3v) is 7.69. The van der Waals surface area contributed by atoms with Gasteiger partial charge in [-0.05, 0) is 62.3 Å². The van der Waals surface area contributed by atoms with E-state index in [4.69, 9.17) is 9.97 Å². The van der Waals surface area contributed by atoms with Crippen LogP contribution in [0.25, 0.3) is 22.6 Å². The number of nitrogens with zero attached hydrogens (tertiary/aromatic N) is 4. The third kappa shape index (κ3) is 3.61. The standard InChI is InChI=1S/C26H29N5O3/c32-24(30-12-1-2-13-30)18-6-4-14-31(16-18)21-9-8-20-23(28-21)29-22(27-20)17-5-3-7-19(15-17)26(10-11-26)25(33)34/h3,5,7-9,15,18H,1-2,4,6,10-14,16H2,(H,33,34)(H,27,28,29). The second kappa shape index (κ2) is 8.11. The lowest BCUT2D eigenvalue weighted by Gasteiger charge is -2.34. The van der Waals surface area contributed by atoms with Gasteiger partial charge in [-0.15, -0.1) is 0 Å². The Bertz CT molecular complexity index is 1260. The van der Waals surface area contributed by atoms with E-state index in [2.05, 4.69) is 9.88 Å². The molecule has 176 valence electrons. The van der Waals surface area contributed by atoms with Crippen molar-refractivity contribution in [1.82, 2.24) is 19.9 Å². The van der Waals surface area contributed by atoms with Crippen LogP contribution in [0.3, 0.4) is 0 Å². The van der Waals surface area contributed by atoms with Crippen molar-refractivity contribution in [3.05, 3.63) is 42.0 Å². The SMILES string of the molecule is O=C(C1CCCN(c2ccc3[nH]c(-c4cccc(C5(C(=O)O)CC5)c4)nc3n2)C1)N1CCCC1. The van der Waals surface area contributed by atoms with Crippen molar-refractivity contribution in [2.75, 3.05) is 31.1 Å². The first-order chi connectivity index (χ1) is 16.5. The molecule has 1 aliphatic carbocycles. The van der Waals surface area contributed by atoms with Gasteiger partial charge in [-0.2, -0.15) is 0 Å². The van der Waals surface area contributed by atoms with Gasteiger partial charge in [0.25, 0.3) is 0 Å². The number of rotatable bonds is 5. The molecule has 3 fully saturated rings. The zero-order chi connectivity index (χ0) is 23.3. The number of carboxylic acid groups (broad SMARTS) is 1. The molecule has 8 heteroatoms. The molecular formula is C26H29N5O3. The zero-order valence-corrected chi connectivity index (χ0v) is 19.2. The van der Waals surface area contributed by atoms with Crippen LogP contribution in [0.15, 0.2) is 36.4 Å². The molecule has 1 saturated carbocycles. The molecule has 2 aliphatic heterocycles. The fourth-order valence-electron chi connectivity index (χ4n) is 5.49. The van der Waals surface area contributed by atoms with Crippen molar-refractivity contribution in [1.29, 1.82) is 0 Å². The molecule has 8 nitrogen and oxygen atoms in total. The summed E-state index contributed by atoms with van der Waals surface area (Å²) < 4.78 is 0. The molecule has 34 heavy (non-hydrogen) atoms. The number of fused-ring (bicyclic) bond motifs is 1. The van der Waals surface area contributed by atoms with Crippen LogP contribution >= 0.6 is 0 Å². The van der Waals surface area contributed by atoms with Gasteiger partial charge >= 0.3 is 5.97 Å². The van der Waals surface area contributed by atoms with E-state index in [-0.39, 0.29) is 5.92 Å². The van der Waals surface area contributed by atoms with Crippen molar-refractivity contribution < 1.29 is 14.7 Å². The molecule has 2 aromatic heterocycles. The predicted molar refractivity (Wildman–Crippen MR) is 129 cm³/mol. The summed E-state index contributed by atoms with van der Waals surface area (Å²) in [7, 11) is 0. The maximum absolute atomic E-state index is 12.9. The normalized spacial score (nSPS) is 21.7. The average Bonchev–Trinajstić information content (AvgIpc) is 3.30. The van der Waals surface area contributed by atoms with Crippen molar-refractivity contribution in [2.24, 2.45) is 5.92 Å². The van der Waals surface area contributed by atoms with E-state index >= 15 is 0 Å². The highest BCUT2D eigenvalue weighted by atomic mass is 16.4. The van der Waals surface area contributed by atoms with Crippen LogP contribution in [-0.4, -0.2) is 63.0 Å². The largest absolute Gasteiger partial charge is 0.481 e. The Morgan fingerprint density at radius 1 is 1.03 bits per heavy atom. The van der Waals surface area contributed by atoms with Crippen molar-refractivity contribution in [2.45, 2.75) is 43.9 Å². The summed E-state index contributed by atoms with van der Waals surface area (Å²) >= 11 is 0. The van der Waals surface area contributed by atoms with Gasteiger partial charge in [0.15, 0.2) is 5.65 Å². The van der Waals surface area contributed by atoms with Gasteiger partial charge in [-0.3, -0.25) is 9.59 Å². The molecule has 2 N–H and O–H groups in total. The summed E-state index contributed by atoms with van der Waals surface area (Å²) in [5.74, 6) is 1.10. The molecule has 4 heterocycles.